The Morgan fingerprint density at radius 3 is 3.00 bits per heavy atom. The lowest BCUT2D eigenvalue weighted by atomic mass is 10.1. The molecule has 0 spiro atoms. The van der Waals surface area contributed by atoms with Crippen LogP contribution in [0.25, 0.3) is 0 Å². The van der Waals surface area contributed by atoms with Crippen molar-refractivity contribution in [2.45, 2.75) is 0 Å². The molecule has 0 aromatic heterocycles. The van der Waals surface area contributed by atoms with Crippen LogP contribution >= 0.6 is 11.9 Å². The zero-order valence-corrected chi connectivity index (χ0v) is 10.2. The summed E-state index contributed by atoms with van der Waals surface area (Å²) in [5.41, 5.74) is 7.01. The minimum absolute atomic E-state index is 0.179. The van der Waals surface area contributed by atoms with Crippen LogP contribution in [0.4, 0.5) is 0 Å². The molecule has 0 fully saturated rings. The number of rotatable bonds is 3. The minimum atomic E-state index is -0.179. The van der Waals surface area contributed by atoms with Crippen LogP contribution in [0.15, 0.2) is 35.5 Å². The Kier molecular flexibility index (Phi) is 3.55. The van der Waals surface area contributed by atoms with Gasteiger partial charge in [0.25, 0.3) is 5.91 Å². The first-order valence-corrected chi connectivity index (χ1v) is 5.81. The third kappa shape index (κ3) is 2.92. The van der Waals surface area contributed by atoms with Crippen molar-refractivity contribution in [1.29, 1.82) is 0 Å². The van der Waals surface area contributed by atoms with Gasteiger partial charge in [0.15, 0.2) is 0 Å². The first-order chi connectivity index (χ1) is 8.19. The quantitative estimate of drug-likeness (QED) is 0.698. The molecule has 0 unspecified atom stereocenters. The van der Waals surface area contributed by atoms with Gasteiger partial charge in [-0.25, -0.2) is 0 Å². The molecule has 1 heterocycles. The van der Waals surface area contributed by atoms with Gasteiger partial charge >= 0.3 is 0 Å². The summed E-state index contributed by atoms with van der Waals surface area (Å²) in [5.74, 6) is -0.179. The molecule has 5 nitrogen and oxygen atoms in total. The molecule has 0 saturated heterocycles. The maximum atomic E-state index is 11.9. The molecule has 6 heteroatoms. The Morgan fingerprint density at radius 1 is 1.53 bits per heavy atom. The number of carbonyl (C=O) groups is 1. The SMILES string of the molecule is [CH2]c1cccc(C(=O)NN2NC=C(NC)S2)c1. The summed E-state index contributed by atoms with van der Waals surface area (Å²) in [6.07, 6.45) is 1.77. The second kappa shape index (κ2) is 5.11. The van der Waals surface area contributed by atoms with Crippen LogP contribution in [0.5, 0.6) is 0 Å². The predicted molar refractivity (Wildman–Crippen MR) is 68.1 cm³/mol. The molecule has 89 valence electrons. The highest BCUT2D eigenvalue weighted by Crippen LogP contribution is 2.19. The molecule has 0 saturated carbocycles. The summed E-state index contributed by atoms with van der Waals surface area (Å²) in [7, 11) is 1.82. The standard InChI is InChI=1S/C11H13N4OS/c1-8-4-3-5-9(6-8)11(16)14-15-13-7-10(12-2)17-15/h3-7,12-13H,1H2,2H3,(H,14,16). The van der Waals surface area contributed by atoms with Crippen molar-refractivity contribution >= 4 is 17.9 Å². The Bertz CT molecular complexity index is 461. The van der Waals surface area contributed by atoms with Gasteiger partial charge in [0.05, 0.1) is 0 Å². The predicted octanol–water partition coefficient (Wildman–Crippen LogP) is 1.00. The van der Waals surface area contributed by atoms with Gasteiger partial charge < -0.3 is 5.32 Å². The molecular weight excluding hydrogens is 236 g/mol. The molecule has 2 rings (SSSR count). The minimum Gasteiger partial charge on any atom is -0.381 e. The number of hydrogen-bond acceptors (Lipinski definition) is 5. The van der Waals surface area contributed by atoms with Crippen molar-refractivity contribution in [3.8, 4) is 0 Å². The molecule has 1 aliphatic heterocycles. The van der Waals surface area contributed by atoms with E-state index >= 15 is 0 Å². The van der Waals surface area contributed by atoms with E-state index in [9.17, 15) is 4.79 Å². The monoisotopic (exact) mass is 249 g/mol. The summed E-state index contributed by atoms with van der Waals surface area (Å²) in [5, 5.41) is 3.90. The Labute approximate surface area is 104 Å². The molecule has 0 bridgehead atoms. The number of amides is 1. The third-order valence-electron chi connectivity index (χ3n) is 2.14. The fourth-order valence-electron chi connectivity index (χ4n) is 1.31. The summed E-state index contributed by atoms with van der Waals surface area (Å²) in [6.45, 7) is 3.79. The lowest BCUT2D eigenvalue weighted by Crippen LogP contribution is -2.41. The molecule has 0 aliphatic carbocycles. The smallest absolute Gasteiger partial charge is 0.267 e. The summed E-state index contributed by atoms with van der Waals surface area (Å²) < 4.78 is 1.53. The Morgan fingerprint density at radius 2 is 2.35 bits per heavy atom. The van der Waals surface area contributed by atoms with Crippen molar-refractivity contribution < 1.29 is 4.79 Å². The first kappa shape index (κ1) is 11.8. The zero-order chi connectivity index (χ0) is 12.3. The van der Waals surface area contributed by atoms with E-state index in [1.54, 1.807) is 24.4 Å². The highest BCUT2D eigenvalue weighted by atomic mass is 32.2. The van der Waals surface area contributed by atoms with E-state index in [0.29, 0.717) is 5.56 Å². The van der Waals surface area contributed by atoms with Crippen molar-refractivity contribution in [2.24, 2.45) is 0 Å². The van der Waals surface area contributed by atoms with Crippen LogP contribution < -0.4 is 16.2 Å². The van der Waals surface area contributed by atoms with Crippen LogP contribution in [0.1, 0.15) is 15.9 Å². The van der Waals surface area contributed by atoms with Crippen LogP contribution in [0, 0.1) is 6.92 Å². The zero-order valence-electron chi connectivity index (χ0n) is 9.36. The van der Waals surface area contributed by atoms with Gasteiger partial charge in [-0.05, 0) is 24.6 Å². The molecule has 17 heavy (non-hydrogen) atoms. The van der Waals surface area contributed by atoms with Crippen LogP contribution in [0.2, 0.25) is 0 Å². The molecule has 1 radical (unpaired) electrons. The van der Waals surface area contributed by atoms with E-state index in [4.69, 9.17) is 0 Å². The maximum Gasteiger partial charge on any atom is 0.267 e. The van der Waals surface area contributed by atoms with Gasteiger partial charge in [-0.2, -0.15) is 0 Å². The fourth-order valence-corrected chi connectivity index (χ4v) is 1.94. The van der Waals surface area contributed by atoms with Crippen LogP contribution in [-0.2, 0) is 0 Å². The second-order valence-electron chi connectivity index (χ2n) is 3.41. The number of nitrogens with zero attached hydrogens (tertiary/aromatic N) is 1. The normalized spacial score (nSPS) is 15.1. The molecule has 1 amide bonds. The Balaban J connectivity index is 1.95. The van der Waals surface area contributed by atoms with E-state index in [0.717, 1.165) is 10.6 Å². The number of carbonyl (C=O) groups excluding carboxylic acids is 1. The molecule has 1 aliphatic rings. The maximum absolute atomic E-state index is 11.9. The van der Waals surface area contributed by atoms with E-state index in [1.165, 1.54) is 16.5 Å². The lowest BCUT2D eigenvalue weighted by Gasteiger charge is -2.15. The number of nitrogens with one attached hydrogen (secondary N) is 3. The summed E-state index contributed by atoms with van der Waals surface area (Å²) in [4.78, 5) is 11.9. The molecule has 0 atom stereocenters. The van der Waals surface area contributed by atoms with Gasteiger partial charge in [-0.1, -0.05) is 16.7 Å². The van der Waals surface area contributed by atoms with Crippen molar-refractivity contribution in [3.63, 3.8) is 0 Å². The summed E-state index contributed by atoms with van der Waals surface area (Å²) >= 11 is 1.36. The van der Waals surface area contributed by atoms with Gasteiger partial charge in [0, 0.05) is 30.8 Å². The van der Waals surface area contributed by atoms with Gasteiger partial charge in [-0.3, -0.25) is 15.6 Å². The fraction of sp³-hybridized carbons (Fsp3) is 0.0909. The number of hydrazine groups is 2. The lowest BCUT2D eigenvalue weighted by molar-refractivity contribution is 0.0871. The van der Waals surface area contributed by atoms with E-state index in [1.807, 2.05) is 13.1 Å². The van der Waals surface area contributed by atoms with Crippen molar-refractivity contribution in [2.75, 3.05) is 7.05 Å². The van der Waals surface area contributed by atoms with Crippen molar-refractivity contribution in [1.82, 2.24) is 20.7 Å². The van der Waals surface area contributed by atoms with Crippen molar-refractivity contribution in [3.05, 3.63) is 53.5 Å². The van der Waals surface area contributed by atoms with E-state index in [2.05, 4.69) is 23.1 Å². The average molecular weight is 249 g/mol. The topological polar surface area (TPSA) is 56.4 Å². The highest BCUT2D eigenvalue weighted by Gasteiger charge is 2.17. The average Bonchev–Trinajstić information content (AvgIpc) is 2.77. The third-order valence-corrected chi connectivity index (χ3v) is 3.04. The van der Waals surface area contributed by atoms with E-state index < -0.39 is 0 Å². The number of benzene rings is 1. The highest BCUT2D eigenvalue weighted by molar-refractivity contribution is 8.00. The van der Waals surface area contributed by atoms with Gasteiger partial charge in [0.1, 0.15) is 5.03 Å². The number of hydrogen-bond donors (Lipinski definition) is 3. The van der Waals surface area contributed by atoms with Crippen LogP contribution in [-0.4, -0.2) is 17.5 Å². The molecule has 1 aromatic rings. The van der Waals surface area contributed by atoms with Crippen LogP contribution in [0.3, 0.4) is 0 Å². The molecule has 1 aromatic carbocycles. The Hall–Kier alpha value is -1.66. The second-order valence-corrected chi connectivity index (χ2v) is 4.40. The summed E-state index contributed by atoms with van der Waals surface area (Å²) in [6, 6.07) is 7.14. The van der Waals surface area contributed by atoms with Gasteiger partial charge in [0.2, 0.25) is 0 Å². The van der Waals surface area contributed by atoms with Gasteiger partial charge in [-0.15, -0.1) is 0 Å². The van der Waals surface area contributed by atoms with E-state index in [-0.39, 0.29) is 5.91 Å². The first-order valence-electron chi connectivity index (χ1n) is 5.04. The molecule has 3 N–H and O–H groups in total. The molecular formula is C11H13N4OS. The largest absolute Gasteiger partial charge is 0.381 e.